The first-order valence-corrected chi connectivity index (χ1v) is 18.2. The summed E-state index contributed by atoms with van der Waals surface area (Å²) in [5, 5.41) is 15.6. The third-order valence-corrected chi connectivity index (χ3v) is 11.5. The van der Waals surface area contributed by atoms with Crippen LogP contribution in [-0.2, 0) is 12.6 Å². The molecule has 5 aromatic rings. The fourth-order valence-corrected chi connectivity index (χ4v) is 8.96. The van der Waals surface area contributed by atoms with E-state index in [2.05, 4.69) is 25.1 Å². The first-order valence-electron chi connectivity index (χ1n) is 18.2. The summed E-state index contributed by atoms with van der Waals surface area (Å²) in [7, 11) is 0. The van der Waals surface area contributed by atoms with Crippen molar-refractivity contribution >= 4 is 27.5 Å². The number of fused-ring (bicyclic) bond motifs is 4. The second-order valence-electron chi connectivity index (χ2n) is 14.7. The third kappa shape index (κ3) is 5.90. The number of ether oxygens (including phenoxy) is 2. The fraction of sp³-hybridized carbons (Fsp3) is 0.447. The summed E-state index contributed by atoms with van der Waals surface area (Å²) in [4.78, 5) is 25.8. The van der Waals surface area contributed by atoms with E-state index in [1.807, 2.05) is 0 Å². The first-order chi connectivity index (χ1) is 26.0. The highest BCUT2D eigenvalue weighted by atomic mass is 19.4. The molecule has 282 valence electrons. The molecule has 0 saturated carbocycles. The average Bonchev–Trinajstić information content (AvgIpc) is 3.68. The molecule has 4 aliphatic rings. The number of nitrogens with zero attached hydrogens (tertiary/aromatic N) is 7. The predicted octanol–water partition coefficient (Wildman–Crippen LogP) is 6.13. The van der Waals surface area contributed by atoms with Crippen molar-refractivity contribution in [1.29, 1.82) is 0 Å². The summed E-state index contributed by atoms with van der Waals surface area (Å²) in [6.45, 7) is 4.82. The summed E-state index contributed by atoms with van der Waals surface area (Å²) in [5.41, 5.74) is 0.810. The number of anilines is 1. The Morgan fingerprint density at radius 3 is 2.72 bits per heavy atom. The maximum Gasteiger partial charge on any atom is 0.451 e. The van der Waals surface area contributed by atoms with Crippen LogP contribution in [0, 0.1) is 18.6 Å². The largest absolute Gasteiger partial charge is 0.508 e. The fourth-order valence-electron chi connectivity index (χ4n) is 8.96. The Balaban J connectivity index is 1.07. The van der Waals surface area contributed by atoms with Gasteiger partial charge >= 0.3 is 12.2 Å². The molecule has 16 heteroatoms. The maximum atomic E-state index is 17.1. The minimum Gasteiger partial charge on any atom is -0.508 e. The zero-order valence-corrected chi connectivity index (χ0v) is 29.4. The number of hydrogen-bond acceptors (Lipinski definition) is 11. The molecule has 2 N–H and O–H groups in total. The number of pyridine rings is 1. The van der Waals surface area contributed by atoms with E-state index in [4.69, 9.17) is 24.4 Å². The van der Waals surface area contributed by atoms with Gasteiger partial charge in [-0.2, -0.15) is 28.1 Å². The standard InChI is InChI=1S/C38H37F5N8O3/c1-20-26(39)5-3-21-15-24(52)16-25(29(20)21)32-31(40)33-30-27(46-32)6-4-22-17-44-12-14-50(22)34(30)49-36(48-33)54-19-37-9-2-13-51(37)23(7-10-37)18-53-28-8-11-45-35(47-28)38(41,42)43/h3,5,8,11,15-16,22-23,44,52H,2,4,6-7,9-10,12-14,17-19H2,1H3/t22?,23-,37?/m0/s1. The minimum atomic E-state index is -4.68. The molecule has 11 nitrogen and oxygen atoms in total. The van der Waals surface area contributed by atoms with Gasteiger partial charge in [-0.05, 0) is 86.5 Å². The molecule has 2 aromatic carbocycles. The van der Waals surface area contributed by atoms with E-state index in [1.54, 1.807) is 13.0 Å². The summed E-state index contributed by atoms with van der Waals surface area (Å²) in [6.07, 6.45) is 0.820. The van der Waals surface area contributed by atoms with E-state index in [1.165, 1.54) is 24.3 Å². The molecule has 3 fully saturated rings. The highest BCUT2D eigenvalue weighted by Gasteiger charge is 2.50. The molecule has 0 spiro atoms. The smallest absolute Gasteiger partial charge is 0.451 e. The van der Waals surface area contributed by atoms with Crippen LogP contribution in [0.25, 0.3) is 32.9 Å². The van der Waals surface area contributed by atoms with Crippen molar-refractivity contribution in [2.45, 2.75) is 69.2 Å². The Kier molecular flexibility index (Phi) is 8.45. The van der Waals surface area contributed by atoms with Crippen molar-refractivity contribution in [3.8, 4) is 28.9 Å². The number of benzene rings is 2. The van der Waals surface area contributed by atoms with Crippen LogP contribution in [0.1, 0.15) is 49.2 Å². The molecule has 54 heavy (non-hydrogen) atoms. The van der Waals surface area contributed by atoms with Crippen molar-refractivity contribution in [2.24, 2.45) is 0 Å². The second-order valence-corrected chi connectivity index (χ2v) is 14.7. The van der Waals surface area contributed by atoms with E-state index in [0.717, 1.165) is 57.9 Å². The Labute approximate surface area is 306 Å². The molecular weight excluding hydrogens is 711 g/mol. The lowest BCUT2D eigenvalue weighted by molar-refractivity contribution is -0.145. The monoisotopic (exact) mass is 748 g/mol. The Bertz CT molecular complexity index is 2290. The number of nitrogens with one attached hydrogen (secondary N) is 1. The summed E-state index contributed by atoms with van der Waals surface area (Å²) in [5.74, 6) is -2.11. The van der Waals surface area contributed by atoms with Crippen molar-refractivity contribution < 1.29 is 36.5 Å². The summed E-state index contributed by atoms with van der Waals surface area (Å²) in [6, 6.07) is 7.13. The Hall–Kier alpha value is -4.96. The van der Waals surface area contributed by atoms with Crippen LogP contribution in [0.5, 0.6) is 17.6 Å². The molecule has 9 rings (SSSR count). The van der Waals surface area contributed by atoms with Gasteiger partial charge in [-0.1, -0.05) is 6.07 Å². The van der Waals surface area contributed by atoms with Gasteiger partial charge in [-0.3, -0.25) is 4.90 Å². The molecule has 2 unspecified atom stereocenters. The lowest BCUT2D eigenvalue weighted by Gasteiger charge is -2.36. The van der Waals surface area contributed by atoms with Crippen molar-refractivity contribution in [1.82, 2.24) is 35.1 Å². The highest BCUT2D eigenvalue weighted by Crippen LogP contribution is 2.45. The number of halogens is 5. The van der Waals surface area contributed by atoms with Gasteiger partial charge in [0.05, 0.1) is 16.6 Å². The molecule has 7 heterocycles. The van der Waals surface area contributed by atoms with Crippen LogP contribution in [0.2, 0.25) is 0 Å². The number of phenolic OH excluding ortho intramolecular Hbond substituents is 1. The lowest BCUT2D eigenvalue weighted by Crippen LogP contribution is -2.51. The van der Waals surface area contributed by atoms with Crippen LogP contribution < -0.4 is 19.7 Å². The lowest BCUT2D eigenvalue weighted by atomic mass is 9.95. The van der Waals surface area contributed by atoms with Crippen LogP contribution in [-0.4, -0.2) is 91.9 Å². The quantitative estimate of drug-likeness (QED) is 0.187. The SMILES string of the molecule is Cc1c(F)ccc2cc(O)cc(-c3nc4c5c(nc(OCC67CCCN6[C@H](COc6ccnc(C(F)(F)F)n6)CC7)nc5c3F)N3CCNCC3CC4)c12. The van der Waals surface area contributed by atoms with Crippen LogP contribution in [0.3, 0.4) is 0 Å². The molecule has 0 bridgehead atoms. The maximum absolute atomic E-state index is 17.1. The topological polar surface area (TPSA) is 122 Å². The molecule has 3 aromatic heterocycles. The summed E-state index contributed by atoms with van der Waals surface area (Å²) >= 11 is 0. The number of phenols is 1. The number of alkyl halides is 3. The minimum absolute atomic E-state index is 0.0169. The molecule has 3 atom stereocenters. The second kappa shape index (κ2) is 13.1. The zero-order valence-electron chi connectivity index (χ0n) is 29.4. The number of aromatic nitrogens is 5. The molecule has 0 radical (unpaired) electrons. The normalized spacial score (nSPS) is 22.7. The van der Waals surface area contributed by atoms with Gasteiger partial charge in [0.15, 0.2) is 5.82 Å². The van der Waals surface area contributed by atoms with Gasteiger partial charge in [0.2, 0.25) is 11.7 Å². The van der Waals surface area contributed by atoms with Crippen molar-refractivity contribution in [2.75, 3.05) is 44.3 Å². The Morgan fingerprint density at radius 1 is 1.00 bits per heavy atom. The van der Waals surface area contributed by atoms with E-state index in [0.29, 0.717) is 46.2 Å². The third-order valence-electron chi connectivity index (χ3n) is 11.5. The van der Waals surface area contributed by atoms with Gasteiger partial charge in [0.25, 0.3) is 0 Å². The number of aryl methyl sites for hydroxylation is 2. The zero-order chi connectivity index (χ0) is 37.4. The number of hydrogen-bond donors (Lipinski definition) is 2. The highest BCUT2D eigenvalue weighted by molar-refractivity contribution is 6.02. The van der Waals surface area contributed by atoms with Gasteiger partial charge in [-0.15, -0.1) is 0 Å². The van der Waals surface area contributed by atoms with E-state index >= 15 is 4.39 Å². The number of rotatable bonds is 7. The van der Waals surface area contributed by atoms with E-state index in [-0.39, 0.29) is 59.7 Å². The summed E-state index contributed by atoms with van der Waals surface area (Å²) < 4.78 is 83.8. The average molecular weight is 749 g/mol. The van der Waals surface area contributed by atoms with Gasteiger partial charge in [0.1, 0.15) is 41.8 Å². The molecule has 4 aliphatic heterocycles. The number of aromatic hydroxyl groups is 1. The van der Waals surface area contributed by atoms with Gasteiger partial charge in [-0.25, -0.2) is 18.7 Å². The van der Waals surface area contributed by atoms with Gasteiger partial charge < -0.3 is 24.8 Å². The predicted molar refractivity (Wildman–Crippen MR) is 189 cm³/mol. The molecule has 0 amide bonds. The first kappa shape index (κ1) is 34.8. The van der Waals surface area contributed by atoms with E-state index in [9.17, 15) is 22.7 Å². The molecule has 0 aliphatic carbocycles. The van der Waals surface area contributed by atoms with Crippen LogP contribution in [0.15, 0.2) is 36.5 Å². The van der Waals surface area contributed by atoms with Gasteiger partial charge in [0, 0.05) is 49.5 Å². The van der Waals surface area contributed by atoms with Crippen LogP contribution in [0.4, 0.5) is 27.8 Å². The Morgan fingerprint density at radius 2 is 1.87 bits per heavy atom. The number of piperazine rings is 1. The van der Waals surface area contributed by atoms with E-state index < -0.39 is 29.2 Å². The molecular formula is C38H37F5N8O3. The van der Waals surface area contributed by atoms with Crippen LogP contribution >= 0.6 is 0 Å². The van der Waals surface area contributed by atoms with Crippen molar-refractivity contribution in [3.05, 3.63) is 65.2 Å². The molecule has 3 saturated heterocycles. The van der Waals surface area contributed by atoms with Crippen molar-refractivity contribution in [3.63, 3.8) is 0 Å².